The van der Waals surface area contributed by atoms with E-state index in [4.69, 9.17) is 4.74 Å². The number of benzene rings is 1. The molecule has 5 heteroatoms. The molecule has 1 aliphatic carbocycles. The van der Waals surface area contributed by atoms with E-state index in [9.17, 15) is 14.7 Å². The number of carbonyl (C=O) groups is 2. The van der Waals surface area contributed by atoms with Crippen molar-refractivity contribution in [1.29, 1.82) is 0 Å². The van der Waals surface area contributed by atoms with Gasteiger partial charge in [0.2, 0.25) is 5.91 Å². The molecule has 0 aromatic heterocycles. The number of rotatable bonds is 7. The molecule has 0 saturated carbocycles. The molecule has 1 fully saturated rings. The molecule has 0 bridgehead atoms. The third-order valence-electron chi connectivity index (χ3n) is 5.77. The van der Waals surface area contributed by atoms with E-state index < -0.39 is 12.0 Å². The fourth-order valence-electron chi connectivity index (χ4n) is 4.24. The number of amides is 1. The summed E-state index contributed by atoms with van der Waals surface area (Å²) in [7, 11) is 0. The quantitative estimate of drug-likeness (QED) is 0.783. The van der Waals surface area contributed by atoms with Gasteiger partial charge in [-0.15, -0.1) is 0 Å². The van der Waals surface area contributed by atoms with Crippen LogP contribution in [0.1, 0.15) is 62.0 Å². The molecule has 5 nitrogen and oxygen atoms in total. The molecule has 2 aliphatic rings. The molecule has 2 N–H and O–H groups in total. The highest BCUT2D eigenvalue weighted by molar-refractivity contribution is 5.83. The molecule has 26 heavy (non-hydrogen) atoms. The largest absolute Gasteiger partial charge is 0.480 e. The topological polar surface area (TPSA) is 75.6 Å². The minimum Gasteiger partial charge on any atom is -0.480 e. The van der Waals surface area contributed by atoms with E-state index >= 15 is 0 Å². The van der Waals surface area contributed by atoms with Gasteiger partial charge < -0.3 is 15.2 Å². The Kier molecular flexibility index (Phi) is 6.67. The normalized spacial score (nSPS) is 21.6. The number of aliphatic carboxylic acids is 1. The summed E-state index contributed by atoms with van der Waals surface area (Å²) >= 11 is 0. The van der Waals surface area contributed by atoms with Crippen LogP contribution in [-0.2, 0) is 20.7 Å². The Morgan fingerprint density at radius 1 is 1.19 bits per heavy atom. The van der Waals surface area contributed by atoms with Crippen molar-refractivity contribution >= 4 is 11.9 Å². The smallest absolute Gasteiger partial charge is 0.326 e. The van der Waals surface area contributed by atoms with E-state index in [1.165, 1.54) is 11.1 Å². The minimum atomic E-state index is -0.938. The van der Waals surface area contributed by atoms with Crippen LogP contribution in [0, 0.1) is 5.92 Å². The number of hydrogen-bond donors (Lipinski definition) is 2. The third-order valence-corrected chi connectivity index (χ3v) is 5.77. The number of aryl methyl sites for hydroxylation is 1. The second-order valence-corrected chi connectivity index (χ2v) is 7.58. The van der Waals surface area contributed by atoms with Crippen LogP contribution in [-0.4, -0.2) is 36.2 Å². The summed E-state index contributed by atoms with van der Waals surface area (Å²) in [6, 6.07) is 7.47. The number of fused-ring (bicyclic) bond motifs is 1. The van der Waals surface area contributed by atoms with Crippen LogP contribution in [0.3, 0.4) is 0 Å². The summed E-state index contributed by atoms with van der Waals surface area (Å²) in [6.07, 6.45) is 6.79. The lowest BCUT2D eigenvalue weighted by molar-refractivity contribution is -0.142. The van der Waals surface area contributed by atoms with Gasteiger partial charge in [-0.25, -0.2) is 4.79 Å². The molecule has 1 aromatic carbocycles. The van der Waals surface area contributed by atoms with Gasteiger partial charge in [0.05, 0.1) is 0 Å². The zero-order valence-corrected chi connectivity index (χ0v) is 15.3. The van der Waals surface area contributed by atoms with Crippen LogP contribution in [0.4, 0.5) is 0 Å². The molecule has 1 aliphatic heterocycles. The number of carbonyl (C=O) groups excluding carboxylic acids is 1. The first-order valence-corrected chi connectivity index (χ1v) is 9.81. The molecule has 1 saturated heterocycles. The van der Waals surface area contributed by atoms with Gasteiger partial charge in [0.25, 0.3) is 0 Å². The molecule has 142 valence electrons. The Labute approximate surface area is 155 Å². The van der Waals surface area contributed by atoms with Crippen molar-refractivity contribution in [3.8, 4) is 0 Å². The third kappa shape index (κ3) is 5.07. The number of carboxylic acid groups (broad SMARTS) is 1. The van der Waals surface area contributed by atoms with E-state index in [1.807, 2.05) is 12.1 Å². The minimum absolute atomic E-state index is 0.145. The predicted octanol–water partition coefficient (Wildman–Crippen LogP) is 3.27. The summed E-state index contributed by atoms with van der Waals surface area (Å²) in [5.41, 5.74) is 2.57. The first-order valence-electron chi connectivity index (χ1n) is 9.81. The van der Waals surface area contributed by atoms with E-state index in [0.29, 0.717) is 18.8 Å². The Morgan fingerprint density at radius 3 is 2.73 bits per heavy atom. The average molecular weight is 359 g/mol. The lowest BCUT2D eigenvalue weighted by Gasteiger charge is -2.28. The fraction of sp³-hybridized carbons (Fsp3) is 0.619. The van der Waals surface area contributed by atoms with Gasteiger partial charge in [-0.3, -0.25) is 4.79 Å². The SMILES string of the molecule is O=C(CCC1CCOCC1)NC(CC1CCCc2ccccc21)C(=O)O. The second kappa shape index (κ2) is 9.17. The molecule has 1 aromatic rings. The standard InChI is InChI=1S/C21H29NO4/c23-20(9-8-15-10-12-26-13-11-15)22-19(21(24)25)14-17-6-3-5-16-4-1-2-7-18(16)17/h1-2,4,7,15,17,19H,3,5-6,8-14H2,(H,22,23)(H,24,25). The number of nitrogens with one attached hydrogen (secondary N) is 1. The van der Waals surface area contributed by atoms with Gasteiger partial charge in [0.15, 0.2) is 0 Å². The molecule has 2 atom stereocenters. The highest BCUT2D eigenvalue weighted by atomic mass is 16.5. The summed E-state index contributed by atoms with van der Waals surface area (Å²) < 4.78 is 5.34. The lowest BCUT2D eigenvalue weighted by atomic mass is 9.79. The van der Waals surface area contributed by atoms with Crippen molar-refractivity contribution in [2.24, 2.45) is 5.92 Å². The van der Waals surface area contributed by atoms with Gasteiger partial charge in [-0.1, -0.05) is 24.3 Å². The predicted molar refractivity (Wildman–Crippen MR) is 99.1 cm³/mol. The van der Waals surface area contributed by atoms with Crippen LogP contribution < -0.4 is 5.32 Å². The van der Waals surface area contributed by atoms with E-state index in [0.717, 1.165) is 51.7 Å². The lowest BCUT2D eigenvalue weighted by Crippen LogP contribution is -2.42. The first kappa shape index (κ1) is 18.9. The van der Waals surface area contributed by atoms with Crippen LogP contribution in [0.15, 0.2) is 24.3 Å². The molecule has 2 unspecified atom stereocenters. The zero-order chi connectivity index (χ0) is 18.4. The molecular formula is C21H29NO4. The van der Waals surface area contributed by atoms with E-state index in [1.54, 1.807) is 0 Å². The number of ether oxygens (including phenoxy) is 1. The highest BCUT2D eigenvalue weighted by Crippen LogP contribution is 2.34. The number of carboxylic acids is 1. The van der Waals surface area contributed by atoms with E-state index in [-0.39, 0.29) is 11.8 Å². The number of hydrogen-bond acceptors (Lipinski definition) is 3. The fourth-order valence-corrected chi connectivity index (χ4v) is 4.24. The van der Waals surface area contributed by atoms with Gasteiger partial charge in [0.1, 0.15) is 6.04 Å². The van der Waals surface area contributed by atoms with Crippen molar-refractivity contribution in [3.63, 3.8) is 0 Å². The van der Waals surface area contributed by atoms with Gasteiger partial charge in [-0.05, 0) is 67.9 Å². The summed E-state index contributed by atoms with van der Waals surface area (Å²) in [5.74, 6) is -0.361. The highest BCUT2D eigenvalue weighted by Gasteiger charge is 2.28. The van der Waals surface area contributed by atoms with Crippen molar-refractivity contribution in [2.75, 3.05) is 13.2 Å². The summed E-state index contributed by atoms with van der Waals surface area (Å²) in [6.45, 7) is 1.54. The molecular weight excluding hydrogens is 330 g/mol. The van der Waals surface area contributed by atoms with Crippen molar-refractivity contribution in [3.05, 3.63) is 35.4 Å². The average Bonchev–Trinajstić information content (AvgIpc) is 2.67. The monoisotopic (exact) mass is 359 g/mol. The molecule has 1 amide bonds. The molecule has 0 spiro atoms. The zero-order valence-electron chi connectivity index (χ0n) is 15.3. The maximum Gasteiger partial charge on any atom is 0.326 e. The Morgan fingerprint density at radius 2 is 1.96 bits per heavy atom. The van der Waals surface area contributed by atoms with Crippen LogP contribution in [0.25, 0.3) is 0 Å². The Balaban J connectivity index is 1.54. The van der Waals surface area contributed by atoms with Crippen LogP contribution in [0.5, 0.6) is 0 Å². The molecule has 3 rings (SSSR count). The van der Waals surface area contributed by atoms with Crippen LogP contribution in [0.2, 0.25) is 0 Å². The van der Waals surface area contributed by atoms with Gasteiger partial charge >= 0.3 is 5.97 Å². The van der Waals surface area contributed by atoms with Gasteiger partial charge in [0, 0.05) is 19.6 Å². The molecule has 0 radical (unpaired) electrons. The Hall–Kier alpha value is -1.88. The van der Waals surface area contributed by atoms with Crippen molar-refractivity contribution in [1.82, 2.24) is 5.32 Å². The molecule has 1 heterocycles. The maximum absolute atomic E-state index is 12.3. The van der Waals surface area contributed by atoms with Crippen LogP contribution >= 0.6 is 0 Å². The first-order chi connectivity index (χ1) is 12.6. The van der Waals surface area contributed by atoms with Gasteiger partial charge in [-0.2, -0.15) is 0 Å². The summed E-state index contributed by atoms with van der Waals surface area (Å²) in [5, 5.41) is 12.4. The summed E-state index contributed by atoms with van der Waals surface area (Å²) in [4.78, 5) is 24.0. The van der Waals surface area contributed by atoms with Crippen molar-refractivity contribution < 1.29 is 19.4 Å². The second-order valence-electron chi connectivity index (χ2n) is 7.58. The Bertz CT molecular complexity index is 624. The van der Waals surface area contributed by atoms with E-state index in [2.05, 4.69) is 17.4 Å². The van der Waals surface area contributed by atoms with Crippen molar-refractivity contribution in [2.45, 2.75) is 63.3 Å². The maximum atomic E-state index is 12.3.